The average Bonchev–Trinajstić information content (AvgIpc) is 2.21. The summed E-state index contributed by atoms with van der Waals surface area (Å²) in [6.07, 6.45) is 3.06. The Bertz CT molecular complexity index is 475. The van der Waals surface area contributed by atoms with Gasteiger partial charge in [-0.1, -0.05) is 25.5 Å². The minimum atomic E-state index is -1.79. The highest BCUT2D eigenvalue weighted by atomic mass is 28.4. The highest BCUT2D eigenvalue weighted by Crippen LogP contribution is 2.58. The topological polar surface area (TPSA) is 35.5 Å². The summed E-state index contributed by atoms with van der Waals surface area (Å²) >= 11 is 0. The molecule has 0 heterocycles. The van der Waals surface area contributed by atoms with Crippen molar-refractivity contribution in [1.82, 2.24) is 0 Å². The van der Waals surface area contributed by atoms with E-state index >= 15 is 0 Å². The Hall–Kier alpha value is -0.453. The van der Waals surface area contributed by atoms with Crippen molar-refractivity contribution in [3.05, 3.63) is 11.6 Å². The summed E-state index contributed by atoms with van der Waals surface area (Å²) in [5, 5.41) is 0. The molecule has 0 N–H and O–H groups in total. The van der Waals surface area contributed by atoms with E-state index in [1.165, 1.54) is 5.57 Å². The van der Waals surface area contributed by atoms with E-state index in [1.54, 1.807) is 14.0 Å². The quantitative estimate of drug-likeness (QED) is 0.585. The molecule has 120 valence electrons. The molecule has 4 heteroatoms. The van der Waals surface area contributed by atoms with Crippen molar-refractivity contribution in [3.8, 4) is 0 Å². The van der Waals surface area contributed by atoms with Gasteiger partial charge in [-0.15, -0.1) is 0 Å². The first-order chi connectivity index (χ1) is 9.43. The summed E-state index contributed by atoms with van der Waals surface area (Å²) in [6, 6.07) is 0. The van der Waals surface area contributed by atoms with E-state index in [4.69, 9.17) is 9.16 Å². The highest BCUT2D eigenvalue weighted by Gasteiger charge is 2.62. The smallest absolute Gasteiger partial charge is 0.184 e. The Balaban J connectivity index is 2.60. The number of carbonyl (C=O) groups is 1. The van der Waals surface area contributed by atoms with Crippen LogP contribution in [0.4, 0.5) is 0 Å². The van der Waals surface area contributed by atoms with Crippen molar-refractivity contribution < 1.29 is 14.0 Å². The normalized spacial score (nSPS) is 38.3. The maximum absolute atomic E-state index is 12.4. The second kappa shape index (κ2) is 5.03. The summed E-state index contributed by atoms with van der Waals surface area (Å²) in [4.78, 5) is 12.4. The lowest BCUT2D eigenvalue weighted by atomic mass is 9.50. The molecule has 3 rings (SSSR count). The maximum atomic E-state index is 12.4. The van der Waals surface area contributed by atoms with Crippen LogP contribution < -0.4 is 0 Å². The van der Waals surface area contributed by atoms with Crippen LogP contribution >= 0.6 is 0 Å². The van der Waals surface area contributed by atoms with Gasteiger partial charge in [0.2, 0.25) is 0 Å². The number of hydrogen-bond donors (Lipinski definition) is 0. The van der Waals surface area contributed by atoms with Gasteiger partial charge in [-0.3, -0.25) is 4.79 Å². The van der Waals surface area contributed by atoms with Crippen molar-refractivity contribution >= 4 is 14.1 Å². The fourth-order valence-electron chi connectivity index (χ4n) is 4.89. The van der Waals surface area contributed by atoms with Gasteiger partial charge in [0, 0.05) is 13.0 Å². The van der Waals surface area contributed by atoms with Crippen molar-refractivity contribution in [2.75, 3.05) is 7.11 Å². The number of methoxy groups -OCH3 is 1. The molecule has 0 aromatic carbocycles. The molecule has 0 aliphatic heterocycles. The molecule has 0 aromatic heterocycles. The molecule has 0 spiro atoms. The minimum absolute atomic E-state index is 0.0763. The lowest BCUT2D eigenvalue weighted by Gasteiger charge is -2.61. The number of fused-ring (bicyclic) bond motifs is 2. The number of ketones is 1. The van der Waals surface area contributed by atoms with Gasteiger partial charge in [-0.05, 0) is 45.3 Å². The highest BCUT2D eigenvalue weighted by molar-refractivity contribution is 6.69. The van der Waals surface area contributed by atoms with E-state index in [1.807, 2.05) is 0 Å². The van der Waals surface area contributed by atoms with Crippen LogP contribution in [0.2, 0.25) is 19.6 Å². The van der Waals surface area contributed by atoms with Gasteiger partial charge in [0.25, 0.3) is 0 Å². The summed E-state index contributed by atoms with van der Waals surface area (Å²) in [7, 11) is -0.0588. The number of carbonyl (C=O) groups excluding carboxylic acids is 1. The van der Waals surface area contributed by atoms with Crippen molar-refractivity contribution in [2.45, 2.75) is 65.5 Å². The van der Waals surface area contributed by atoms with E-state index in [9.17, 15) is 4.79 Å². The fourth-order valence-corrected chi connectivity index (χ4v) is 6.28. The molecule has 3 aliphatic carbocycles. The standard InChI is InChI=1S/C17H30O3Si/c1-11-9-17(20-21(6,7)8)10-16(3,4)13(11)15(19-5)14(17)12(2)18/h9,13-15H,10H2,1-8H3/t13-,14-,15-,17+/m1/s1. The zero-order valence-electron chi connectivity index (χ0n) is 14.7. The van der Waals surface area contributed by atoms with E-state index in [-0.39, 0.29) is 23.2 Å². The van der Waals surface area contributed by atoms with Crippen LogP contribution in [-0.4, -0.2) is 32.9 Å². The molecule has 3 aliphatic rings. The molecule has 21 heavy (non-hydrogen) atoms. The van der Waals surface area contributed by atoms with E-state index < -0.39 is 13.9 Å². The van der Waals surface area contributed by atoms with Gasteiger partial charge >= 0.3 is 0 Å². The molecule has 0 saturated heterocycles. The minimum Gasteiger partial charge on any atom is -0.408 e. The number of hydrogen-bond acceptors (Lipinski definition) is 3. The summed E-state index contributed by atoms with van der Waals surface area (Å²) < 4.78 is 12.4. The Morgan fingerprint density at radius 2 is 1.90 bits per heavy atom. The van der Waals surface area contributed by atoms with Crippen LogP contribution in [0.15, 0.2) is 11.6 Å². The zero-order valence-corrected chi connectivity index (χ0v) is 15.7. The zero-order chi connectivity index (χ0) is 16.2. The molecular formula is C17H30O3Si. The molecule has 0 unspecified atom stereocenters. The van der Waals surface area contributed by atoms with Crippen molar-refractivity contribution in [2.24, 2.45) is 17.3 Å². The van der Waals surface area contributed by atoms with Gasteiger partial charge in [0.15, 0.2) is 8.32 Å². The third kappa shape index (κ3) is 2.78. The summed E-state index contributed by atoms with van der Waals surface area (Å²) in [5.74, 6) is 0.295. The summed E-state index contributed by atoms with van der Waals surface area (Å²) in [6.45, 7) is 15.0. The Morgan fingerprint density at radius 3 is 2.29 bits per heavy atom. The first kappa shape index (κ1) is 16.9. The third-order valence-electron chi connectivity index (χ3n) is 4.93. The molecule has 1 saturated carbocycles. The Kier molecular flexibility index (Phi) is 4.05. The second-order valence-electron chi connectivity index (χ2n) is 8.49. The first-order valence-corrected chi connectivity index (χ1v) is 11.3. The van der Waals surface area contributed by atoms with Crippen molar-refractivity contribution in [1.29, 1.82) is 0 Å². The lowest BCUT2D eigenvalue weighted by Crippen LogP contribution is -2.66. The second-order valence-corrected chi connectivity index (χ2v) is 12.9. The van der Waals surface area contributed by atoms with E-state index in [0.29, 0.717) is 5.92 Å². The van der Waals surface area contributed by atoms with E-state index in [0.717, 1.165) is 6.42 Å². The molecular weight excluding hydrogens is 280 g/mol. The summed E-state index contributed by atoms with van der Waals surface area (Å²) in [5.41, 5.74) is 0.915. The van der Waals surface area contributed by atoms with Crippen LogP contribution in [0, 0.1) is 17.3 Å². The third-order valence-corrected chi connectivity index (χ3v) is 5.92. The average molecular weight is 311 g/mol. The van der Waals surface area contributed by atoms with Crippen LogP contribution in [-0.2, 0) is 14.0 Å². The predicted molar refractivity (Wildman–Crippen MR) is 87.8 cm³/mol. The van der Waals surface area contributed by atoms with Gasteiger partial charge in [-0.2, -0.15) is 0 Å². The molecule has 2 bridgehead atoms. The van der Waals surface area contributed by atoms with Gasteiger partial charge < -0.3 is 9.16 Å². The van der Waals surface area contributed by atoms with Crippen LogP contribution in [0.1, 0.15) is 34.1 Å². The first-order valence-electron chi connectivity index (χ1n) is 7.86. The molecule has 0 radical (unpaired) electrons. The lowest BCUT2D eigenvalue weighted by molar-refractivity contribution is -0.168. The monoisotopic (exact) mass is 310 g/mol. The van der Waals surface area contributed by atoms with Gasteiger partial charge in [0.1, 0.15) is 5.78 Å². The largest absolute Gasteiger partial charge is 0.408 e. The number of Topliss-reactive ketones (excluding diaryl/α,β-unsaturated/α-hetero) is 1. The molecule has 0 amide bonds. The molecule has 1 fully saturated rings. The number of rotatable bonds is 4. The van der Waals surface area contributed by atoms with Gasteiger partial charge in [-0.25, -0.2) is 0 Å². The van der Waals surface area contributed by atoms with Crippen molar-refractivity contribution in [3.63, 3.8) is 0 Å². The van der Waals surface area contributed by atoms with Crippen LogP contribution in [0.5, 0.6) is 0 Å². The molecule has 3 nitrogen and oxygen atoms in total. The Labute approximate surface area is 130 Å². The Morgan fingerprint density at radius 1 is 1.33 bits per heavy atom. The number of ether oxygens (including phenoxy) is 1. The maximum Gasteiger partial charge on any atom is 0.184 e. The van der Waals surface area contributed by atoms with Crippen LogP contribution in [0.3, 0.4) is 0 Å². The molecule has 0 aromatic rings. The SMILES string of the molecule is CO[C@@H]1[C@H]2C(C)=C[C@](O[Si](C)(C)C)(CC2(C)C)[C@@H]1C(C)=O. The van der Waals surface area contributed by atoms with Crippen LogP contribution in [0.25, 0.3) is 0 Å². The molecule has 4 atom stereocenters. The fraction of sp³-hybridized carbons (Fsp3) is 0.824. The van der Waals surface area contributed by atoms with Gasteiger partial charge in [0.05, 0.1) is 17.6 Å². The van der Waals surface area contributed by atoms with E-state index in [2.05, 4.69) is 46.5 Å². The predicted octanol–water partition coefficient (Wildman–Crippen LogP) is 3.80.